The number of hydrogen-bond donors (Lipinski definition) is 1. The molecular formula is C16H10Cl2F3NO3. The van der Waals surface area contributed by atoms with Crippen molar-refractivity contribution < 1.29 is 27.5 Å². The lowest BCUT2D eigenvalue weighted by molar-refractivity contribution is -0.123. The molecular weight excluding hydrogens is 382 g/mol. The Hall–Kier alpha value is -2.25. The Balaban J connectivity index is 2.11. The smallest absolute Gasteiger partial charge is 0.340 e. The first-order valence-electron chi connectivity index (χ1n) is 6.81. The van der Waals surface area contributed by atoms with Crippen LogP contribution in [0.1, 0.15) is 17.3 Å². The Kier molecular flexibility index (Phi) is 5.92. The zero-order valence-electron chi connectivity index (χ0n) is 12.6. The normalized spacial score (nSPS) is 11.8. The molecule has 0 fully saturated rings. The summed E-state index contributed by atoms with van der Waals surface area (Å²) in [5.74, 6) is -4.96. The third-order valence-electron chi connectivity index (χ3n) is 3.09. The molecule has 1 amide bonds. The summed E-state index contributed by atoms with van der Waals surface area (Å²) in [6.07, 6.45) is -1.43. The Labute approximate surface area is 150 Å². The summed E-state index contributed by atoms with van der Waals surface area (Å²) < 4.78 is 45.3. The second-order valence-corrected chi connectivity index (χ2v) is 5.69. The SMILES string of the molecule is C[C@@H](OC(=O)c1cc(F)c(Cl)cc1Cl)C(=O)Nc1c(F)cccc1F. The number of halogens is 5. The van der Waals surface area contributed by atoms with Gasteiger partial charge in [-0.15, -0.1) is 0 Å². The van der Waals surface area contributed by atoms with E-state index in [9.17, 15) is 22.8 Å². The molecule has 1 atom stereocenters. The summed E-state index contributed by atoms with van der Waals surface area (Å²) >= 11 is 11.3. The van der Waals surface area contributed by atoms with Gasteiger partial charge in [0.15, 0.2) is 6.10 Å². The number of benzene rings is 2. The number of rotatable bonds is 4. The molecule has 0 heterocycles. The molecule has 0 unspecified atom stereocenters. The molecule has 0 aliphatic rings. The molecule has 0 radical (unpaired) electrons. The van der Waals surface area contributed by atoms with Gasteiger partial charge in [0.05, 0.1) is 15.6 Å². The summed E-state index contributed by atoms with van der Waals surface area (Å²) in [4.78, 5) is 23.9. The van der Waals surface area contributed by atoms with Crippen molar-refractivity contribution in [2.45, 2.75) is 13.0 Å². The van der Waals surface area contributed by atoms with E-state index in [1.807, 2.05) is 5.32 Å². The summed E-state index contributed by atoms with van der Waals surface area (Å²) in [6, 6.07) is 4.79. The van der Waals surface area contributed by atoms with E-state index >= 15 is 0 Å². The van der Waals surface area contributed by atoms with E-state index in [2.05, 4.69) is 0 Å². The van der Waals surface area contributed by atoms with Crippen LogP contribution in [-0.4, -0.2) is 18.0 Å². The summed E-state index contributed by atoms with van der Waals surface area (Å²) in [6.45, 7) is 1.17. The number of amides is 1. The van der Waals surface area contributed by atoms with E-state index < -0.39 is 41.1 Å². The van der Waals surface area contributed by atoms with Gasteiger partial charge in [-0.3, -0.25) is 4.79 Å². The molecule has 2 rings (SSSR count). The minimum atomic E-state index is -1.43. The lowest BCUT2D eigenvalue weighted by atomic mass is 10.2. The molecule has 2 aromatic rings. The maximum atomic E-state index is 13.5. The number of nitrogens with one attached hydrogen (secondary N) is 1. The molecule has 25 heavy (non-hydrogen) atoms. The minimum absolute atomic E-state index is 0.177. The van der Waals surface area contributed by atoms with Crippen molar-refractivity contribution in [2.24, 2.45) is 0 Å². The van der Waals surface area contributed by atoms with E-state index in [1.165, 1.54) is 6.92 Å². The van der Waals surface area contributed by atoms with Crippen LogP contribution >= 0.6 is 23.2 Å². The Morgan fingerprint density at radius 1 is 1.04 bits per heavy atom. The van der Waals surface area contributed by atoms with Gasteiger partial charge in [0.2, 0.25) is 0 Å². The molecule has 0 aliphatic carbocycles. The van der Waals surface area contributed by atoms with Gasteiger partial charge in [-0.2, -0.15) is 0 Å². The number of ether oxygens (including phenoxy) is 1. The van der Waals surface area contributed by atoms with Gasteiger partial charge in [0, 0.05) is 0 Å². The lowest BCUT2D eigenvalue weighted by Gasteiger charge is -2.15. The van der Waals surface area contributed by atoms with Crippen LogP contribution < -0.4 is 5.32 Å². The van der Waals surface area contributed by atoms with E-state index in [-0.39, 0.29) is 15.6 Å². The molecule has 1 N–H and O–H groups in total. The fraction of sp³-hybridized carbons (Fsp3) is 0.125. The Bertz CT molecular complexity index is 825. The number of hydrogen-bond acceptors (Lipinski definition) is 3. The molecule has 0 saturated carbocycles. The predicted molar refractivity (Wildman–Crippen MR) is 86.3 cm³/mol. The first-order valence-corrected chi connectivity index (χ1v) is 7.56. The average Bonchev–Trinajstić information content (AvgIpc) is 2.54. The Morgan fingerprint density at radius 3 is 2.24 bits per heavy atom. The molecule has 0 aromatic heterocycles. The highest BCUT2D eigenvalue weighted by atomic mass is 35.5. The molecule has 0 spiro atoms. The third kappa shape index (κ3) is 4.43. The average molecular weight is 392 g/mol. The maximum absolute atomic E-state index is 13.5. The van der Waals surface area contributed by atoms with Gasteiger partial charge in [-0.25, -0.2) is 18.0 Å². The van der Waals surface area contributed by atoms with Crippen LogP contribution in [0.2, 0.25) is 10.0 Å². The van der Waals surface area contributed by atoms with Crippen LogP contribution in [0.15, 0.2) is 30.3 Å². The summed E-state index contributed by atoms with van der Waals surface area (Å²) in [7, 11) is 0. The van der Waals surface area contributed by atoms with Crippen molar-refractivity contribution in [1.29, 1.82) is 0 Å². The van der Waals surface area contributed by atoms with Crippen molar-refractivity contribution in [3.8, 4) is 0 Å². The molecule has 0 bridgehead atoms. The van der Waals surface area contributed by atoms with E-state index in [4.69, 9.17) is 27.9 Å². The highest BCUT2D eigenvalue weighted by Gasteiger charge is 2.23. The van der Waals surface area contributed by atoms with Crippen LogP contribution in [0.5, 0.6) is 0 Å². The molecule has 132 valence electrons. The van der Waals surface area contributed by atoms with Crippen LogP contribution in [0.4, 0.5) is 18.9 Å². The van der Waals surface area contributed by atoms with Crippen molar-refractivity contribution >= 4 is 40.8 Å². The number of anilines is 1. The molecule has 2 aromatic carbocycles. The molecule has 4 nitrogen and oxygen atoms in total. The zero-order valence-corrected chi connectivity index (χ0v) is 14.1. The van der Waals surface area contributed by atoms with Crippen molar-refractivity contribution in [3.05, 3.63) is 63.4 Å². The van der Waals surface area contributed by atoms with Crippen LogP contribution in [-0.2, 0) is 9.53 Å². The van der Waals surface area contributed by atoms with Gasteiger partial charge in [-0.1, -0.05) is 29.3 Å². The van der Waals surface area contributed by atoms with Gasteiger partial charge >= 0.3 is 5.97 Å². The topological polar surface area (TPSA) is 55.4 Å². The predicted octanol–water partition coefficient (Wildman–Crippen LogP) is 4.59. The van der Waals surface area contributed by atoms with Crippen molar-refractivity contribution in [2.75, 3.05) is 5.32 Å². The lowest BCUT2D eigenvalue weighted by Crippen LogP contribution is -2.30. The van der Waals surface area contributed by atoms with E-state index in [1.54, 1.807) is 0 Å². The fourth-order valence-corrected chi connectivity index (χ4v) is 2.26. The van der Waals surface area contributed by atoms with Crippen LogP contribution in [0.25, 0.3) is 0 Å². The second-order valence-electron chi connectivity index (χ2n) is 4.88. The van der Waals surface area contributed by atoms with Gasteiger partial charge < -0.3 is 10.1 Å². The van der Waals surface area contributed by atoms with Crippen molar-refractivity contribution in [3.63, 3.8) is 0 Å². The first-order chi connectivity index (χ1) is 11.7. The van der Waals surface area contributed by atoms with Gasteiger partial charge in [0.25, 0.3) is 5.91 Å². The second kappa shape index (κ2) is 7.76. The van der Waals surface area contributed by atoms with Gasteiger partial charge in [0.1, 0.15) is 23.1 Å². The Morgan fingerprint density at radius 2 is 1.64 bits per heavy atom. The quantitative estimate of drug-likeness (QED) is 0.612. The van der Waals surface area contributed by atoms with Gasteiger partial charge in [-0.05, 0) is 31.2 Å². The minimum Gasteiger partial charge on any atom is -0.449 e. The molecule has 0 saturated heterocycles. The van der Waals surface area contributed by atoms with E-state index in [0.717, 1.165) is 30.3 Å². The van der Waals surface area contributed by atoms with Crippen LogP contribution in [0, 0.1) is 17.5 Å². The highest BCUT2D eigenvalue weighted by molar-refractivity contribution is 6.36. The molecule has 9 heteroatoms. The third-order valence-corrected chi connectivity index (χ3v) is 3.70. The maximum Gasteiger partial charge on any atom is 0.340 e. The number of para-hydroxylation sites is 1. The zero-order chi connectivity index (χ0) is 18.7. The van der Waals surface area contributed by atoms with Crippen molar-refractivity contribution in [1.82, 2.24) is 0 Å². The summed E-state index contributed by atoms with van der Waals surface area (Å²) in [5.41, 5.74) is -1.02. The standard InChI is InChI=1S/C16H10Cl2F3NO3/c1-7(15(23)22-14-11(19)3-2-4-12(14)20)25-16(24)8-5-13(21)10(18)6-9(8)17/h2-7H,1H3,(H,22,23)/t7-/m1/s1. The number of carbonyl (C=O) groups is 2. The van der Waals surface area contributed by atoms with Crippen LogP contribution in [0.3, 0.4) is 0 Å². The fourth-order valence-electron chi connectivity index (χ4n) is 1.80. The number of esters is 1. The molecule has 0 aliphatic heterocycles. The van der Waals surface area contributed by atoms with E-state index in [0.29, 0.717) is 0 Å². The monoisotopic (exact) mass is 391 g/mol. The largest absolute Gasteiger partial charge is 0.449 e. The first kappa shape index (κ1) is 19.1. The highest BCUT2D eigenvalue weighted by Crippen LogP contribution is 2.25. The summed E-state index contributed by atoms with van der Waals surface area (Å²) in [5, 5.41) is 1.51. The number of carbonyl (C=O) groups excluding carboxylic acids is 2.